The average Bonchev–Trinajstić information content (AvgIpc) is 1.44. The molecule has 0 aromatic rings. The summed E-state index contributed by atoms with van der Waals surface area (Å²) in [6.45, 7) is 0. The van der Waals surface area contributed by atoms with Crippen molar-refractivity contribution >= 4 is 21.3 Å². The van der Waals surface area contributed by atoms with E-state index in [-0.39, 0.29) is 154 Å². The Labute approximate surface area is 209 Å². The molecule has 0 aliphatic carbocycles. The Balaban J connectivity index is -0.000000480. The molecule has 0 spiro atoms. The molecule has 0 amide bonds. The molecule has 0 unspecified atom stereocenters. The second-order valence-corrected chi connectivity index (χ2v) is 2.01. The molecule has 15 heavy (non-hydrogen) atoms. The van der Waals surface area contributed by atoms with E-state index in [0.717, 1.165) is 0 Å². The van der Waals surface area contributed by atoms with E-state index in [1.165, 1.54) is 0 Å². The molecule has 0 radical (unpaired) electrons. The Kier molecular flexibility index (Phi) is 14.4. The summed E-state index contributed by atoms with van der Waals surface area (Å²) >= 11 is 0. The van der Waals surface area contributed by atoms with Crippen molar-refractivity contribution in [2.45, 2.75) is 0 Å². The molecule has 1 aliphatic heterocycles. The van der Waals surface area contributed by atoms with Gasteiger partial charge < -0.3 is 39.6 Å². The predicted molar refractivity (Wildman–Crippen MR) is 27.2 cm³/mol. The number of hydrogen-bond acceptors (Lipinski definition) is 3. The number of hydrogen-bond donors (Lipinski definition) is 0. The van der Waals surface area contributed by atoms with Crippen LogP contribution in [0.25, 0.3) is 0 Å². The molecule has 1 fully saturated rings. The van der Waals surface area contributed by atoms with Gasteiger partial charge in [-0.1, -0.05) is 0 Å². The van der Waals surface area contributed by atoms with E-state index < -0.39 is 21.3 Å². The fourth-order valence-electron chi connectivity index (χ4n) is 0.650. The van der Waals surface area contributed by atoms with E-state index in [2.05, 4.69) is 13.7 Å². The van der Waals surface area contributed by atoms with E-state index in [1.807, 2.05) is 0 Å². The van der Waals surface area contributed by atoms with Crippen LogP contribution < -0.4 is 154 Å². The van der Waals surface area contributed by atoms with E-state index in [4.69, 9.17) is 0 Å². The first-order valence-corrected chi connectivity index (χ1v) is 2.72. The van der Waals surface area contributed by atoms with Crippen LogP contribution in [0.15, 0.2) is 0 Å². The van der Waals surface area contributed by atoms with E-state index >= 15 is 0 Å². The Morgan fingerprint density at radius 1 is 0.467 bits per heavy atom. The second-order valence-electron chi connectivity index (χ2n) is 2.01. The molecule has 1 heterocycles. The first-order chi connectivity index (χ1) is 5.12. The molecule has 0 aromatic carbocycles. The summed E-state index contributed by atoms with van der Waals surface area (Å²) in [5.41, 5.74) is 0. The third-order valence-electron chi connectivity index (χ3n) is 0.951. The molecule has 1 aliphatic rings. The van der Waals surface area contributed by atoms with Crippen molar-refractivity contribution in [1.29, 1.82) is 0 Å². The van der Waals surface area contributed by atoms with Crippen molar-refractivity contribution in [3.8, 4) is 0 Å². The summed E-state index contributed by atoms with van der Waals surface area (Å²) in [6, 6.07) is 0. The third-order valence-corrected chi connectivity index (χ3v) is 0.951. The van der Waals surface area contributed by atoms with Gasteiger partial charge in [-0.25, -0.2) is 0 Å². The van der Waals surface area contributed by atoms with Gasteiger partial charge in [0.05, 0.1) is 0 Å². The van der Waals surface area contributed by atoms with Gasteiger partial charge in [0.15, 0.2) is 0 Å². The zero-order valence-electron chi connectivity index (χ0n) is 8.22. The summed E-state index contributed by atoms with van der Waals surface area (Å²) in [5, 5.41) is 0. The van der Waals surface area contributed by atoms with Crippen LogP contribution in [0, 0.1) is 0 Å². The molecule has 72 valence electrons. The topological polar surface area (TPSA) is 27.7 Å². The van der Waals surface area contributed by atoms with Crippen LogP contribution >= 0.6 is 0 Å². The zero-order chi connectivity index (χ0) is 9.62. The molecule has 1 rings (SSSR count). The Morgan fingerprint density at radius 2 is 0.600 bits per heavy atom. The van der Waals surface area contributed by atoms with Gasteiger partial charge in [0.2, 0.25) is 0 Å². The van der Waals surface area contributed by atoms with Crippen LogP contribution in [0.5, 0.6) is 0 Å². The van der Waals surface area contributed by atoms with Gasteiger partial charge in [-0.05, 0) is 0 Å². The number of rotatable bonds is 0. The van der Waals surface area contributed by atoms with Gasteiger partial charge in [-0.2, -0.15) is 0 Å². The molecule has 15 heteroatoms. The smallest absolute Gasteiger partial charge is 0.666 e. The van der Waals surface area contributed by atoms with Crippen molar-refractivity contribution in [3.63, 3.8) is 0 Å². The van der Waals surface area contributed by atoms with Crippen LogP contribution in [-0.2, 0) is 13.7 Å². The molecular weight excluding hydrogens is 312 g/mol. The monoisotopic (exact) mass is 312 g/mol. The molecule has 3 nitrogen and oxygen atoms in total. The summed E-state index contributed by atoms with van der Waals surface area (Å²) in [7, 11) is -17.0. The van der Waals surface area contributed by atoms with Crippen LogP contribution in [0.1, 0.15) is 0 Å². The van der Waals surface area contributed by atoms with Crippen LogP contribution in [0.2, 0.25) is 0 Å². The summed E-state index contributed by atoms with van der Waals surface area (Å²) in [6.07, 6.45) is 0. The van der Waals surface area contributed by atoms with E-state index in [0.29, 0.717) is 0 Å². The van der Waals surface area contributed by atoms with Crippen molar-refractivity contribution in [2.24, 2.45) is 0 Å². The molecule has 0 saturated carbocycles. The maximum absolute atomic E-state index is 11.8. The normalized spacial score (nSPS) is 25.2. The average molecular weight is 312 g/mol. The minimum absolute atomic E-state index is 0. The van der Waals surface area contributed by atoms with E-state index in [9.17, 15) is 25.9 Å². The van der Waals surface area contributed by atoms with Gasteiger partial charge in [-0.3, -0.25) is 0 Å². The SMILES string of the molecule is F[B-]1(F)O[B-](F)(F)O[B-](F)(F)O1.[K+].[K+].[K+]. The molecule has 1 saturated heterocycles. The summed E-state index contributed by atoms with van der Waals surface area (Å²) in [4.78, 5) is 0. The molecule has 0 aromatic heterocycles. The maximum Gasteiger partial charge on any atom is 1.00 e. The molecule has 0 atom stereocenters. The van der Waals surface area contributed by atoms with Crippen molar-refractivity contribution in [2.75, 3.05) is 0 Å². The summed E-state index contributed by atoms with van der Waals surface area (Å²) in [5.74, 6) is 0. The fourth-order valence-corrected chi connectivity index (χ4v) is 0.650. The zero-order valence-corrected chi connectivity index (χ0v) is 17.6. The Bertz CT molecular complexity index is 156. The first kappa shape index (κ1) is 24.6. The summed E-state index contributed by atoms with van der Waals surface area (Å²) < 4.78 is 78.5. The quantitative estimate of drug-likeness (QED) is 0.329. The van der Waals surface area contributed by atoms with Gasteiger partial charge in [-0.15, -0.1) is 0 Å². The number of halogens is 6. The van der Waals surface area contributed by atoms with E-state index in [1.54, 1.807) is 0 Å². The third kappa shape index (κ3) is 10.0. The van der Waals surface area contributed by atoms with Crippen LogP contribution in [-0.4, -0.2) is 21.3 Å². The van der Waals surface area contributed by atoms with Crippen LogP contribution in [0.3, 0.4) is 0 Å². The Morgan fingerprint density at radius 3 is 0.733 bits per heavy atom. The molecule has 0 N–H and O–H groups in total. The van der Waals surface area contributed by atoms with Gasteiger partial charge in [0.25, 0.3) is 0 Å². The van der Waals surface area contributed by atoms with Crippen molar-refractivity contribution < 1.29 is 194 Å². The minimum atomic E-state index is -5.66. The first-order valence-electron chi connectivity index (χ1n) is 2.72. The van der Waals surface area contributed by atoms with Crippen LogP contribution in [0.4, 0.5) is 25.9 Å². The molecule has 0 bridgehead atoms. The second kappa shape index (κ2) is 8.76. The van der Waals surface area contributed by atoms with Gasteiger partial charge in [0.1, 0.15) is 0 Å². The van der Waals surface area contributed by atoms with Gasteiger partial charge >= 0.3 is 175 Å². The minimum Gasteiger partial charge on any atom is -0.666 e. The predicted octanol–water partition coefficient (Wildman–Crippen LogP) is -7.81. The standard InChI is InChI=1S/B3F6O3.3K/c4-1(5)10-2(6,7)12-3(8,9)11-1;;;/q-3;3*+1. The largest absolute Gasteiger partial charge is 1.00 e. The molecular formula is B3F6K3O3. The Hall–Kier alpha value is 4.56. The fraction of sp³-hybridized carbons (Fsp3) is 0. The van der Waals surface area contributed by atoms with Gasteiger partial charge in [0, 0.05) is 0 Å². The van der Waals surface area contributed by atoms with Crippen molar-refractivity contribution in [3.05, 3.63) is 0 Å². The maximum atomic E-state index is 11.8. The van der Waals surface area contributed by atoms with Crippen molar-refractivity contribution in [1.82, 2.24) is 0 Å².